The first-order valence-corrected chi connectivity index (χ1v) is 11.4. The zero-order valence-corrected chi connectivity index (χ0v) is 18.5. The standard InChI is InChI=1S/C24H22F4N6O/c25-15-7-13-3-5-18(30-21(13)16(8-15)12-1-2-12)23-32-31-20-6-4-14(9-34(20)23)22(24(26,27)28)33-10-17(29)19(35)11-33/h3-9,12,17,19,22,35H,1-2,10-11,29H2/t17-,19+,22-/m1/s1. The number of hydrogen-bond acceptors (Lipinski definition) is 6. The van der Waals surface area contributed by atoms with Gasteiger partial charge in [0.15, 0.2) is 11.5 Å². The number of aliphatic hydroxyl groups excluding tert-OH is 1. The van der Waals surface area contributed by atoms with E-state index in [9.17, 15) is 22.7 Å². The summed E-state index contributed by atoms with van der Waals surface area (Å²) in [5.74, 6) is 0.220. The van der Waals surface area contributed by atoms with Crippen molar-refractivity contribution in [2.45, 2.75) is 43.1 Å². The Morgan fingerprint density at radius 3 is 2.54 bits per heavy atom. The van der Waals surface area contributed by atoms with Crippen molar-refractivity contribution in [2.24, 2.45) is 5.73 Å². The molecule has 6 rings (SSSR count). The predicted octanol–water partition coefficient (Wildman–Crippen LogP) is 3.57. The SMILES string of the molecule is N[C@@H]1CN([C@H](c2ccc3nnc(-c4ccc5cc(F)cc(C6CC6)c5n4)n3c2)C(F)(F)F)C[C@@H]1O. The van der Waals surface area contributed by atoms with Crippen molar-refractivity contribution >= 4 is 16.6 Å². The van der Waals surface area contributed by atoms with E-state index in [1.165, 1.54) is 34.9 Å². The summed E-state index contributed by atoms with van der Waals surface area (Å²) >= 11 is 0. The maximum atomic E-state index is 14.1. The van der Waals surface area contributed by atoms with Crippen LogP contribution in [0.15, 0.2) is 42.6 Å². The Labute approximate surface area is 197 Å². The molecule has 11 heteroatoms. The first-order chi connectivity index (χ1) is 16.7. The Morgan fingerprint density at radius 1 is 1.06 bits per heavy atom. The molecule has 0 bridgehead atoms. The van der Waals surface area contributed by atoms with E-state index in [-0.39, 0.29) is 36.2 Å². The van der Waals surface area contributed by atoms with Crippen LogP contribution in [0.1, 0.15) is 35.9 Å². The molecule has 4 aromatic rings. The van der Waals surface area contributed by atoms with Gasteiger partial charge < -0.3 is 10.8 Å². The van der Waals surface area contributed by atoms with E-state index in [0.717, 1.165) is 23.3 Å². The second-order valence-electron chi connectivity index (χ2n) is 9.38. The minimum absolute atomic E-state index is 0.0196. The van der Waals surface area contributed by atoms with E-state index in [1.807, 2.05) is 0 Å². The minimum atomic E-state index is -4.59. The second kappa shape index (κ2) is 7.94. The fourth-order valence-corrected chi connectivity index (χ4v) is 4.96. The average molecular weight is 486 g/mol. The van der Waals surface area contributed by atoms with Gasteiger partial charge in [-0.2, -0.15) is 13.2 Å². The number of aliphatic hydroxyl groups is 1. The maximum Gasteiger partial charge on any atom is 0.408 e. The molecular weight excluding hydrogens is 464 g/mol. The summed E-state index contributed by atoms with van der Waals surface area (Å²) in [4.78, 5) is 5.86. The number of nitrogens with zero attached hydrogens (tertiary/aromatic N) is 5. The summed E-state index contributed by atoms with van der Waals surface area (Å²) in [6.07, 6.45) is -2.32. The Morgan fingerprint density at radius 2 is 1.86 bits per heavy atom. The lowest BCUT2D eigenvalue weighted by atomic mass is 10.0. The van der Waals surface area contributed by atoms with Gasteiger partial charge in [0.2, 0.25) is 0 Å². The first kappa shape index (κ1) is 22.3. The largest absolute Gasteiger partial charge is 0.408 e. The van der Waals surface area contributed by atoms with Gasteiger partial charge in [-0.25, -0.2) is 9.37 Å². The molecule has 35 heavy (non-hydrogen) atoms. The van der Waals surface area contributed by atoms with Gasteiger partial charge in [-0.1, -0.05) is 12.1 Å². The Hall–Kier alpha value is -3.15. The number of halogens is 4. The van der Waals surface area contributed by atoms with Crippen LogP contribution >= 0.6 is 0 Å². The molecule has 1 aliphatic carbocycles. The Kier molecular flexibility index (Phi) is 5.06. The lowest BCUT2D eigenvalue weighted by Gasteiger charge is -2.29. The van der Waals surface area contributed by atoms with Gasteiger partial charge in [0.25, 0.3) is 0 Å². The summed E-state index contributed by atoms with van der Waals surface area (Å²) in [5.41, 5.74) is 8.05. The fourth-order valence-electron chi connectivity index (χ4n) is 4.96. The number of nitrogens with two attached hydrogens (primary N) is 1. The van der Waals surface area contributed by atoms with Crippen molar-refractivity contribution in [3.8, 4) is 11.5 Å². The highest BCUT2D eigenvalue weighted by Crippen LogP contribution is 2.43. The van der Waals surface area contributed by atoms with Crippen LogP contribution in [-0.4, -0.2) is 61.0 Å². The summed E-state index contributed by atoms with van der Waals surface area (Å²) in [6, 6.07) is 6.47. The van der Waals surface area contributed by atoms with E-state index in [1.54, 1.807) is 12.1 Å². The molecule has 4 heterocycles. The molecule has 0 radical (unpaired) electrons. The zero-order chi connectivity index (χ0) is 24.5. The van der Waals surface area contributed by atoms with Crippen LogP contribution < -0.4 is 5.73 Å². The number of pyridine rings is 2. The lowest BCUT2D eigenvalue weighted by molar-refractivity contribution is -0.184. The molecule has 0 spiro atoms. The van der Waals surface area contributed by atoms with Gasteiger partial charge in [-0.15, -0.1) is 10.2 Å². The molecule has 1 saturated carbocycles. The third kappa shape index (κ3) is 3.93. The van der Waals surface area contributed by atoms with Crippen LogP contribution in [0.25, 0.3) is 28.1 Å². The van der Waals surface area contributed by atoms with Gasteiger partial charge in [0.1, 0.15) is 17.6 Å². The van der Waals surface area contributed by atoms with E-state index in [0.29, 0.717) is 22.2 Å². The summed E-state index contributed by atoms with van der Waals surface area (Å²) in [7, 11) is 0. The quantitative estimate of drug-likeness (QED) is 0.429. The maximum absolute atomic E-state index is 14.1. The van der Waals surface area contributed by atoms with E-state index < -0.39 is 24.4 Å². The molecule has 1 aliphatic heterocycles. The minimum Gasteiger partial charge on any atom is -0.390 e. The molecule has 7 nitrogen and oxygen atoms in total. The number of likely N-dealkylation sites (tertiary alicyclic amines) is 1. The van der Waals surface area contributed by atoms with Gasteiger partial charge in [0, 0.05) is 30.7 Å². The third-order valence-corrected chi connectivity index (χ3v) is 6.81. The topological polar surface area (TPSA) is 92.6 Å². The van der Waals surface area contributed by atoms with Crippen LogP contribution in [0.2, 0.25) is 0 Å². The third-order valence-electron chi connectivity index (χ3n) is 6.81. The van der Waals surface area contributed by atoms with Gasteiger partial charge in [0.05, 0.1) is 11.6 Å². The van der Waals surface area contributed by atoms with Crippen molar-refractivity contribution in [1.82, 2.24) is 24.5 Å². The molecule has 2 aliphatic rings. The molecule has 2 fully saturated rings. The van der Waals surface area contributed by atoms with Crippen LogP contribution in [0.4, 0.5) is 17.6 Å². The number of rotatable bonds is 4. The first-order valence-electron chi connectivity index (χ1n) is 11.4. The summed E-state index contributed by atoms with van der Waals surface area (Å²) in [5, 5.41) is 18.9. The monoisotopic (exact) mass is 486 g/mol. The average Bonchev–Trinajstić information content (AvgIpc) is 3.48. The van der Waals surface area contributed by atoms with E-state index >= 15 is 0 Å². The van der Waals surface area contributed by atoms with Crippen molar-refractivity contribution in [1.29, 1.82) is 0 Å². The molecule has 1 saturated heterocycles. The van der Waals surface area contributed by atoms with Crippen LogP contribution in [-0.2, 0) is 0 Å². The molecule has 3 atom stereocenters. The molecule has 0 amide bonds. The summed E-state index contributed by atoms with van der Waals surface area (Å²) in [6.45, 7) is -0.254. The number of β-amino-alcohol motifs (C(OH)–C–C–N with tert-alkyl or cyclic N) is 1. The highest BCUT2D eigenvalue weighted by molar-refractivity contribution is 5.85. The molecule has 0 unspecified atom stereocenters. The van der Waals surface area contributed by atoms with E-state index in [2.05, 4.69) is 10.2 Å². The van der Waals surface area contributed by atoms with E-state index in [4.69, 9.17) is 10.7 Å². The van der Waals surface area contributed by atoms with Crippen molar-refractivity contribution in [2.75, 3.05) is 13.1 Å². The van der Waals surface area contributed by atoms with Gasteiger partial charge in [-0.3, -0.25) is 9.30 Å². The van der Waals surface area contributed by atoms with Crippen LogP contribution in [0.5, 0.6) is 0 Å². The summed E-state index contributed by atoms with van der Waals surface area (Å²) < 4.78 is 58.0. The second-order valence-corrected chi connectivity index (χ2v) is 9.38. The number of alkyl halides is 3. The molecular formula is C24H22F4N6O. The molecule has 1 aromatic carbocycles. The van der Waals surface area contributed by atoms with Gasteiger partial charge in [-0.05, 0) is 54.2 Å². The number of benzene rings is 1. The van der Waals surface area contributed by atoms with Crippen molar-refractivity contribution in [3.63, 3.8) is 0 Å². The lowest BCUT2D eigenvalue weighted by Crippen LogP contribution is -2.38. The smallest absolute Gasteiger partial charge is 0.390 e. The van der Waals surface area contributed by atoms with Crippen molar-refractivity contribution in [3.05, 3.63) is 59.5 Å². The normalized spacial score (nSPS) is 22.3. The zero-order valence-electron chi connectivity index (χ0n) is 18.5. The Bertz CT molecular complexity index is 1420. The number of hydrogen-bond donors (Lipinski definition) is 2. The highest BCUT2D eigenvalue weighted by Gasteiger charge is 2.48. The van der Waals surface area contributed by atoms with Crippen LogP contribution in [0.3, 0.4) is 0 Å². The molecule has 3 N–H and O–H groups in total. The Balaban J connectivity index is 1.45. The predicted molar refractivity (Wildman–Crippen MR) is 120 cm³/mol. The van der Waals surface area contributed by atoms with Gasteiger partial charge >= 0.3 is 6.18 Å². The molecule has 182 valence electrons. The fraction of sp³-hybridized carbons (Fsp3) is 0.375. The van der Waals surface area contributed by atoms with Crippen molar-refractivity contribution < 1.29 is 22.7 Å². The number of fused-ring (bicyclic) bond motifs is 2. The van der Waals surface area contributed by atoms with Crippen LogP contribution in [0, 0.1) is 5.82 Å². The molecule has 3 aromatic heterocycles. The number of aromatic nitrogens is 4. The highest BCUT2D eigenvalue weighted by atomic mass is 19.4.